The summed E-state index contributed by atoms with van der Waals surface area (Å²) in [5, 5.41) is 13.2. The van der Waals surface area contributed by atoms with Crippen LogP contribution in [0.5, 0.6) is 0 Å². The van der Waals surface area contributed by atoms with Crippen molar-refractivity contribution < 1.29 is 9.50 Å². The number of hydrogen-bond acceptors (Lipinski definition) is 3. The second-order valence-corrected chi connectivity index (χ2v) is 3.19. The van der Waals surface area contributed by atoms with Gasteiger partial charge in [-0.05, 0) is 26.0 Å². The Kier molecular flexibility index (Phi) is 1.96. The highest BCUT2D eigenvalue weighted by Crippen LogP contribution is 2.12. The van der Waals surface area contributed by atoms with Gasteiger partial charge in [0.1, 0.15) is 0 Å². The first kappa shape index (κ1) is 9.08. The first-order valence-corrected chi connectivity index (χ1v) is 4.29. The summed E-state index contributed by atoms with van der Waals surface area (Å²) in [5.74, 6) is -0.484. The van der Waals surface area contributed by atoms with E-state index in [9.17, 15) is 9.50 Å². The number of imidazole rings is 1. The lowest BCUT2D eigenvalue weighted by molar-refractivity contribution is 0.192. The molecule has 0 aromatic carbocycles. The van der Waals surface area contributed by atoms with Gasteiger partial charge in [-0.15, -0.1) is 0 Å². The molecule has 2 heterocycles. The molecule has 2 aromatic heterocycles. The zero-order chi connectivity index (χ0) is 10.3. The van der Waals surface area contributed by atoms with Gasteiger partial charge in [0.05, 0.1) is 17.5 Å². The molecule has 4 nitrogen and oxygen atoms in total. The van der Waals surface area contributed by atoms with E-state index in [1.54, 1.807) is 26.0 Å². The van der Waals surface area contributed by atoms with Crippen LogP contribution in [0.4, 0.5) is 4.39 Å². The molecule has 74 valence electrons. The molecule has 0 aliphatic rings. The van der Waals surface area contributed by atoms with E-state index in [4.69, 9.17) is 0 Å². The van der Waals surface area contributed by atoms with Crippen molar-refractivity contribution in [2.75, 3.05) is 0 Å². The largest absolute Gasteiger partial charge is 0.387 e. The summed E-state index contributed by atoms with van der Waals surface area (Å²) in [5.41, 5.74) is 1.18. The van der Waals surface area contributed by atoms with Gasteiger partial charge >= 0.3 is 0 Å². The van der Waals surface area contributed by atoms with E-state index in [2.05, 4.69) is 10.1 Å². The first-order valence-electron chi connectivity index (χ1n) is 4.29. The Bertz CT molecular complexity index is 478. The van der Waals surface area contributed by atoms with E-state index in [1.165, 1.54) is 0 Å². The Morgan fingerprint density at radius 2 is 2.21 bits per heavy atom. The first-order chi connectivity index (χ1) is 6.59. The van der Waals surface area contributed by atoms with E-state index in [0.717, 1.165) is 4.52 Å². The van der Waals surface area contributed by atoms with Gasteiger partial charge in [-0.25, -0.2) is 4.98 Å². The molecule has 0 saturated carbocycles. The van der Waals surface area contributed by atoms with Crippen LogP contribution in [0.25, 0.3) is 5.65 Å². The second-order valence-electron chi connectivity index (χ2n) is 3.19. The van der Waals surface area contributed by atoms with Crippen molar-refractivity contribution in [1.82, 2.24) is 14.6 Å². The molecule has 0 amide bonds. The van der Waals surface area contributed by atoms with Crippen LogP contribution in [0.2, 0.25) is 0 Å². The SMILES string of the molecule is Cc1nc2ccc(C(C)O)nn2c1F. The molecule has 1 atom stereocenters. The normalized spacial score (nSPS) is 13.4. The molecule has 2 rings (SSSR count). The minimum atomic E-state index is -0.707. The molecule has 1 N–H and O–H groups in total. The zero-order valence-electron chi connectivity index (χ0n) is 7.90. The van der Waals surface area contributed by atoms with Crippen molar-refractivity contribution in [2.24, 2.45) is 0 Å². The monoisotopic (exact) mass is 195 g/mol. The average Bonchev–Trinajstić information content (AvgIpc) is 2.43. The Labute approximate surface area is 80.0 Å². The van der Waals surface area contributed by atoms with Crippen LogP contribution < -0.4 is 0 Å². The number of aromatic nitrogens is 3. The van der Waals surface area contributed by atoms with Crippen LogP contribution >= 0.6 is 0 Å². The van der Waals surface area contributed by atoms with Gasteiger partial charge in [-0.2, -0.15) is 14.0 Å². The van der Waals surface area contributed by atoms with Crippen molar-refractivity contribution >= 4 is 5.65 Å². The molecule has 0 saturated heterocycles. The predicted molar refractivity (Wildman–Crippen MR) is 48.3 cm³/mol. The molecule has 0 spiro atoms. The molecule has 0 aliphatic carbocycles. The topological polar surface area (TPSA) is 50.4 Å². The molecule has 0 radical (unpaired) electrons. The van der Waals surface area contributed by atoms with Crippen LogP contribution in [0.3, 0.4) is 0 Å². The molecule has 2 aromatic rings. The maximum absolute atomic E-state index is 13.4. The van der Waals surface area contributed by atoms with E-state index < -0.39 is 12.1 Å². The lowest BCUT2D eigenvalue weighted by atomic mass is 10.3. The third-order valence-corrected chi connectivity index (χ3v) is 2.03. The standard InChI is InChI=1S/C9H10FN3O/c1-5-9(10)13-8(11-5)4-3-7(12-13)6(2)14/h3-4,6,14H,1-2H3. The highest BCUT2D eigenvalue weighted by molar-refractivity contribution is 5.39. The molecular weight excluding hydrogens is 185 g/mol. The Morgan fingerprint density at radius 1 is 1.50 bits per heavy atom. The van der Waals surface area contributed by atoms with Gasteiger partial charge in [0.25, 0.3) is 0 Å². The highest BCUT2D eigenvalue weighted by Gasteiger charge is 2.10. The zero-order valence-corrected chi connectivity index (χ0v) is 7.90. The predicted octanol–water partition coefficient (Wildman–Crippen LogP) is 1.23. The molecule has 0 bridgehead atoms. The molecule has 0 aliphatic heterocycles. The fourth-order valence-corrected chi connectivity index (χ4v) is 1.25. The van der Waals surface area contributed by atoms with Crippen LogP contribution in [-0.2, 0) is 0 Å². The van der Waals surface area contributed by atoms with E-state index in [0.29, 0.717) is 17.0 Å². The lowest BCUT2D eigenvalue weighted by Gasteiger charge is -2.02. The fraction of sp³-hybridized carbons (Fsp3) is 0.333. The van der Waals surface area contributed by atoms with Crippen molar-refractivity contribution in [1.29, 1.82) is 0 Å². The minimum Gasteiger partial charge on any atom is -0.387 e. The van der Waals surface area contributed by atoms with Crippen molar-refractivity contribution in [3.05, 3.63) is 29.5 Å². The fourth-order valence-electron chi connectivity index (χ4n) is 1.25. The number of halogens is 1. The third kappa shape index (κ3) is 1.26. The Hall–Kier alpha value is -1.49. The second kappa shape index (κ2) is 3.02. The maximum atomic E-state index is 13.4. The minimum absolute atomic E-state index is 0.306. The van der Waals surface area contributed by atoms with Crippen LogP contribution in [0.15, 0.2) is 12.1 Å². The van der Waals surface area contributed by atoms with E-state index in [-0.39, 0.29) is 0 Å². The number of hydrogen-bond donors (Lipinski definition) is 1. The van der Waals surface area contributed by atoms with E-state index >= 15 is 0 Å². The summed E-state index contributed by atoms with van der Waals surface area (Å²) in [6.45, 7) is 3.15. The van der Waals surface area contributed by atoms with Gasteiger partial charge in [-0.3, -0.25) is 0 Å². The Morgan fingerprint density at radius 3 is 2.86 bits per heavy atom. The number of nitrogens with zero attached hydrogens (tertiary/aromatic N) is 3. The van der Waals surface area contributed by atoms with Crippen molar-refractivity contribution in [3.63, 3.8) is 0 Å². The van der Waals surface area contributed by atoms with Crippen molar-refractivity contribution in [3.8, 4) is 0 Å². The smallest absolute Gasteiger partial charge is 0.237 e. The molecule has 5 heteroatoms. The molecule has 0 fully saturated rings. The van der Waals surface area contributed by atoms with Gasteiger partial charge in [0.15, 0.2) is 5.65 Å². The summed E-state index contributed by atoms with van der Waals surface area (Å²) in [7, 11) is 0. The highest BCUT2D eigenvalue weighted by atomic mass is 19.1. The summed E-state index contributed by atoms with van der Waals surface area (Å²) < 4.78 is 14.5. The number of aryl methyl sites for hydroxylation is 1. The van der Waals surface area contributed by atoms with Crippen LogP contribution in [0, 0.1) is 12.9 Å². The summed E-state index contributed by atoms with van der Waals surface area (Å²) in [6, 6.07) is 3.26. The lowest BCUT2D eigenvalue weighted by Crippen LogP contribution is -2.02. The quantitative estimate of drug-likeness (QED) is 0.744. The maximum Gasteiger partial charge on any atom is 0.237 e. The van der Waals surface area contributed by atoms with Crippen molar-refractivity contribution in [2.45, 2.75) is 20.0 Å². The third-order valence-electron chi connectivity index (χ3n) is 2.03. The number of aliphatic hydroxyl groups excluding tert-OH is 1. The molecule has 1 unspecified atom stereocenters. The summed E-state index contributed by atoms with van der Waals surface area (Å²) >= 11 is 0. The van der Waals surface area contributed by atoms with Crippen LogP contribution in [-0.4, -0.2) is 19.7 Å². The average molecular weight is 195 g/mol. The van der Waals surface area contributed by atoms with Gasteiger partial charge < -0.3 is 5.11 Å². The summed E-state index contributed by atoms with van der Waals surface area (Å²) in [6.07, 6.45) is -0.707. The Balaban J connectivity index is 2.69. The number of fused-ring (bicyclic) bond motifs is 1. The van der Waals surface area contributed by atoms with Gasteiger partial charge in [0, 0.05) is 0 Å². The molecule has 14 heavy (non-hydrogen) atoms. The van der Waals surface area contributed by atoms with Gasteiger partial charge in [0.2, 0.25) is 5.95 Å². The van der Waals surface area contributed by atoms with Crippen LogP contribution in [0.1, 0.15) is 24.4 Å². The number of aliphatic hydroxyl groups is 1. The van der Waals surface area contributed by atoms with E-state index in [1.807, 2.05) is 0 Å². The molecular formula is C9H10FN3O. The number of rotatable bonds is 1. The van der Waals surface area contributed by atoms with Gasteiger partial charge in [-0.1, -0.05) is 0 Å². The summed E-state index contributed by atoms with van der Waals surface area (Å²) in [4.78, 5) is 3.96.